The Labute approximate surface area is 150 Å². The van der Waals surface area contributed by atoms with Gasteiger partial charge in [-0.1, -0.05) is 23.8 Å². The second-order valence-corrected chi connectivity index (χ2v) is 9.57. The van der Waals surface area contributed by atoms with Crippen molar-refractivity contribution in [2.75, 3.05) is 12.0 Å². The van der Waals surface area contributed by atoms with E-state index in [1.807, 2.05) is 6.92 Å². The van der Waals surface area contributed by atoms with Crippen LogP contribution in [0.5, 0.6) is 11.5 Å². The molecule has 1 aromatic carbocycles. The topological polar surface area (TPSA) is 74.6 Å². The number of allylic oxidation sites excluding steroid dienone is 3. The molecule has 2 N–H and O–H groups in total. The Kier molecular flexibility index (Phi) is 5.99. The fourth-order valence-electron chi connectivity index (χ4n) is 3.61. The summed E-state index contributed by atoms with van der Waals surface area (Å²) in [5.74, 6) is 0.333. The lowest BCUT2D eigenvalue weighted by Crippen LogP contribution is -2.17. The van der Waals surface area contributed by atoms with E-state index >= 15 is 0 Å². The standard InChI is InChI=1S/C20H28O4S/c1-13(2)16-8-7-14(3)10-17(16)20-18(21)11-15(12-19(20)22)6-5-9-25(4,23)24/h10-12,16-17,21-22H,1,5-9H2,2-4H3/t16-,17+/m0/s1. The molecule has 4 nitrogen and oxygen atoms in total. The van der Waals surface area contributed by atoms with E-state index in [2.05, 4.69) is 19.6 Å². The quantitative estimate of drug-likeness (QED) is 0.746. The highest BCUT2D eigenvalue weighted by molar-refractivity contribution is 7.90. The van der Waals surface area contributed by atoms with Crippen molar-refractivity contribution in [1.29, 1.82) is 0 Å². The molecule has 0 saturated carbocycles. The van der Waals surface area contributed by atoms with Gasteiger partial charge < -0.3 is 10.2 Å². The maximum Gasteiger partial charge on any atom is 0.147 e. The highest BCUT2D eigenvalue weighted by Gasteiger charge is 2.30. The molecule has 0 saturated heterocycles. The number of sulfone groups is 1. The van der Waals surface area contributed by atoms with Crippen LogP contribution in [-0.2, 0) is 16.3 Å². The molecular weight excluding hydrogens is 336 g/mol. The molecule has 0 spiro atoms. The molecule has 0 fully saturated rings. The Morgan fingerprint density at radius 3 is 2.40 bits per heavy atom. The van der Waals surface area contributed by atoms with Crippen LogP contribution in [0.15, 0.2) is 35.9 Å². The summed E-state index contributed by atoms with van der Waals surface area (Å²) in [7, 11) is -3.01. The summed E-state index contributed by atoms with van der Waals surface area (Å²) in [6.45, 7) is 8.12. The van der Waals surface area contributed by atoms with Gasteiger partial charge in [0, 0.05) is 17.7 Å². The predicted molar refractivity (Wildman–Crippen MR) is 102 cm³/mol. The Morgan fingerprint density at radius 1 is 1.28 bits per heavy atom. The number of phenols is 2. The zero-order valence-corrected chi connectivity index (χ0v) is 16.1. The molecule has 0 aromatic heterocycles. The lowest BCUT2D eigenvalue weighted by Gasteiger charge is -2.31. The lowest BCUT2D eigenvalue weighted by molar-refractivity contribution is 0.406. The van der Waals surface area contributed by atoms with Gasteiger partial charge in [-0.25, -0.2) is 8.42 Å². The van der Waals surface area contributed by atoms with E-state index in [4.69, 9.17) is 0 Å². The summed E-state index contributed by atoms with van der Waals surface area (Å²) in [5, 5.41) is 21.1. The van der Waals surface area contributed by atoms with Crippen LogP contribution < -0.4 is 0 Å². The van der Waals surface area contributed by atoms with Crippen molar-refractivity contribution in [2.24, 2.45) is 5.92 Å². The van der Waals surface area contributed by atoms with E-state index in [1.54, 1.807) is 12.1 Å². The molecule has 0 unspecified atom stereocenters. The molecule has 25 heavy (non-hydrogen) atoms. The largest absolute Gasteiger partial charge is 0.507 e. The number of hydrogen-bond donors (Lipinski definition) is 2. The van der Waals surface area contributed by atoms with Gasteiger partial charge in [0.25, 0.3) is 0 Å². The lowest BCUT2D eigenvalue weighted by atomic mass is 9.73. The van der Waals surface area contributed by atoms with Gasteiger partial charge in [0.2, 0.25) is 0 Å². The first-order valence-corrected chi connectivity index (χ1v) is 10.7. The van der Waals surface area contributed by atoms with Crippen LogP contribution in [0.3, 0.4) is 0 Å². The summed E-state index contributed by atoms with van der Waals surface area (Å²) in [4.78, 5) is 0. The van der Waals surface area contributed by atoms with Crippen LogP contribution in [0.25, 0.3) is 0 Å². The summed E-state index contributed by atoms with van der Waals surface area (Å²) in [5.41, 5.74) is 3.58. The SMILES string of the molecule is C=C(C)[C@@H]1CCC(C)=C[C@H]1c1c(O)cc(CCCS(C)(=O)=O)cc1O. The van der Waals surface area contributed by atoms with Gasteiger partial charge >= 0.3 is 0 Å². The number of benzene rings is 1. The number of aromatic hydroxyl groups is 2. The number of aryl methyl sites for hydroxylation is 1. The van der Waals surface area contributed by atoms with E-state index in [0.29, 0.717) is 18.4 Å². The van der Waals surface area contributed by atoms with Crippen molar-refractivity contribution in [1.82, 2.24) is 0 Å². The molecule has 1 aliphatic rings. The van der Waals surface area contributed by atoms with Crippen LogP contribution in [0.4, 0.5) is 0 Å². The number of hydrogen-bond acceptors (Lipinski definition) is 4. The highest BCUT2D eigenvalue weighted by Crippen LogP contribution is 2.46. The van der Waals surface area contributed by atoms with Crippen LogP contribution in [0, 0.1) is 5.92 Å². The second-order valence-electron chi connectivity index (χ2n) is 7.31. The van der Waals surface area contributed by atoms with E-state index in [-0.39, 0.29) is 29.1 Å². The van der Waals surface area contributed by atoms with E-state index < -0.39 is 9.84 Å². The molecule has 1 aromatic rings. The third-order valence-corrected chi connectivity index (χ3v) is 5.92. The third kappa shape index (κ3) is 5.11. The molecule has 1 aliphatic carbocycles. The molecule has 0 bridgehead atoms. The van der Waals surface area contributed by atoms with Crippen molar-refractivity contribution >= 4 is 9.84 Å². The minimum Gasteiger partial charge on any atom is -0.507 e. The first-order valence-electron chi connectivity index (χ1n) is 8.63. The summed E-state index contributed by atoms with van der Waals surface area (Å²) < 4.78 is 22.5. The van der Waals surface area contributed by atoms with Crippen LogP contribution in [0.1, 0.15) is 50.2 Å². The first-order chi connectivity index (χ1) is 11.6. The molecular formula is C20H28O4S. The fourth-order valence-corrected chi connectivity index (χ4v) is 4.28. The first kappa shape index (κ1) is 19.6. The van der Waals surface area contributed by atoms with Crippen LogP contribution >= 0.6 is 0 Å². The fraction of sp³-hybridized carbons (Fsp3) is 0.500. The van der Waals surface area contributed by atoms with E-state index in [1.165, 1.54) is 11.8 Å². The second kappa shape index (κ2) is 7.65. The normalized spacial score (nSPS) is 21.0. The Bertz CT molecular complexity index is 767. The van der Waals surface area contributed by atoms with Gasteiger partial charge in [-0.05, 0) is 63.1 Å². The van der Waals surface area contributed by atoms with E-state index in [9.17, 15) is 18.6 Å². The Hall–Kier alpha value is -1.75. The molecule has 0 radical (unpaired) electrons. The monoisotopic (exact) mass is 364 g/mol. The predicted octanol–water partition coefficient (Wildman–Crippen LogP) is 4.09. The van der Waals surface area contributed by atoms with Gasteiger partial charge in [-0.2, -0.15) is 0 Å². The summed E-state index contributed by atoms with van der Waals surface area (Å²) in [6, 6.07) is 3.29. The van der Waals surface area contributed by atoms with Gasteiger partial charge in [-0.3, -0.25) is 0 Å². The smallest absolute Gasteiger partial charge is 0.147 e. The Balaban J connectivity index is 2.30. The van der Waals surface area contributed by atoms with Crippen molar-refractivity contribution in [3.63, 3.8) is 0 Å². The number of rotatable bonds is 6. The van der Waals surface area contributed by atoms with Gasteiger partial charge in [-0.15, -0.1) is 0 Å². The van der Waals surface area contributed by atoms with Gasteiger partial charge in [0.1, 0.15) is 21.3 Å². The molecule has 0 amide bonds. The van der Waals surface area contributed by atoms with Gasteiger partial charge in [0.15, 0.2) is 0 Å². The maximum absolute atomic E-state index is 11.2. The van der Waals surface area contributed by atoms with Crippen molar-refractivity contribution in [2.45, 2.75) is 45.4 Å². The van der Waals surface area contributed by atoms with Crippen LogP contribution in [-0.4, -0.2) is 30.6 Å². The minimum atomic E-state index is -3.01. The molecule has 2 atom stereocenters. The molecule has 0 heterocycles. The average molecular weight is 365 g/mol. The van der Waals surface area contributed by atoms with E-state index in [0.717, 1.165) is 24.0 Å². The molecule has 0 aliphatic heterocycles. The molecule has 138 valence electrons. The minimum absolute atomic E-state index is 0.0663. The van der Waals surface area contributed by atoms with Crippen molar-refractivity contribution in [3.8, 4) is 11.5 Å². The summed E-state index contributed by atoms with van der Waals surface area (Å²) >= 11 is 0. The number of phenolic OH excluding ortho intramolecular Hbond substituents is 2. The van der Waals surface area contributed by atoms with Crippen LogP contribution in [0.2, 0.25) is 0 Å². The van der Waals surface area contributed by atoms with Gasteiger partial charge in [0.05, 0.1) is 5.75 Å². The van der Waals surface area contributed by atoms with Crippen molar-refractivity contribution < 1.29 is 18.6 Å². The highest BCUT2D eigenvalue weighted by atomic mass is 32.2. The summed E-state index contributed by atoms with van der Waals surface area (Å²) in [6.07, 6.45) is 6.24. The molecule has 2 rings (SSSR count). The maximum atomic E-state index is 11.2. The molecule has 5 heteroatoms. The average Bonchev–Trinajstić information content (AvgIpc) is 2.44. The zero-order valence-electron chi connectivity index (χ0n) is 15.2. The van der Waals surface area contributed by atoms with Crippen molar-refractivity contribution in [3.05, 3.63) is 47.1 Å². The third-order valence-electron chi connectivity index (χ3n) is 4.89. The zero-order chi connectivity index (χ0) is 18.8. The Morgan fingerprint density at radius 2 is 1.88 bits per heavy atom.